The van der Waals surface area contributed by atoms with Crippen LogP contribution in [0.2, 0.25) is 4.34 Å². The molecule has 0 saturated carbocycles. The van der Waals surface area contributed by atoms with E-state index in [0.29, 0.717) is 10.9 Å². The second-order valence-corrected chi connectivity index (χ2v) is 10.1. The van der Waals surface area contributed by atoms with Crippen LogP contribution in [-0.4, -0.2) is 35.6 Å². The Morgan fingerprint density at radius 1 is 1.06 bits per heavy atom. The van der Waals surface area contributed by atoms with Crippen LogP contribution < -0.4 is 16.0 Å². The molecule has 3 rings (SSSR count). The molecule has 192 valence electrons. The van der Waals surface area contributed by atoms with Crippen molar-refractivity contribution in [2.45, 2.75) is 45.4 Å². The number of aryl methyl sites for hydroxylation is 1. The molecule has 2 unspecified atom stereocenters. The second kappa shape index (κ2) is 12.9. The van der Waals surface area contributed by atoms with Crippen molar-refractivity contribution in [1.29, 1.82) is 0 Å². The van der Waals surface area contributed by atoms with Crippen LogP contribution in [0.25, 0.3) is 0 Å². The maximum absolute atomic E-state index is 13.8. The van der Waals surface area contributed by atoms with Crippen molar-refractivity contribution in [3.05, 3.63) is 86.8 Å². The summed E-state index contributed by atoms with van der Waals surface area (Å²) in [5.41, 5.74) is 2.64. The normalized spacial score (nSPS) is 12.7. The summed E-state index contributed by atoms with van der Waals surface area (Å²) in [6.45, 7) is 3.98. The highest BCUT2D eigenvalue weighted by Gasteiger charge is 2.25. The van der Waals surface area contributed by atoms with Gasteiger partial charge in [-0.05, 0) is 47.7 Å². The van der Waals surface area contributed by atoms with E-state index >= 15 is 0 Å². The number of benzene rings is 2. The summed E-state index contributed by atoms with van der Waals surface area (Å²) in [7, 11) is 0. The molecule has 2 amide bonds. The fraction of sp³-hybridized carbons (Fsp3) is 0.308. The summed E-state index contributed by atoms with van der Waals surface area (Å²) < 4.78 is 27.9. The third kappa shape index (κ3) is 8.09. The monoisotopic (exact) mass is 535 g/mol. The van der Waals surface area contributed by atoms with E-state index in [1.807, 2.05) is 18.2 Å². The molecule has 1 heterocycles. The van der Waals surface area contributed by atoms with Crippen LogP contribution in [0.3, 0.4) is 0 Å². The minimum absolute atomic E-state index is 0.0259. The molecule has 0 fully saturated rings. The predicted octanol–water partition coefficient (Wildman–Crippen LogP) is 4.69. The SMILES string of the molecule is CCc1cccc(CNCC(O)C(Cc2cc(F)cc(F)c2)NC(=O)c2cc(Cl)sc2NC(C)=O)c1. The smallest absolute Gasteiger partial charge is 0.254 e. The quantitative estimate of drug-likeness (QED) is 0.287. The first kappa shape index (κ1) is 27.7. The average Bonchev–Trinajstić information content (AvgIpc) is 3.17. The number of aliphatic hydroxyl groups excluding tert-OH is 1. The third-order valence-corrected chi connectivity index (χ3v) is 6.66. The molecular formula is C26H28ClF2N3O3S. The molecule has 0 aliphatic carbocycles. The molecular weight excluding hydrogens is 508 g/mol. The van der Waals surface area contributed by atoms with Gasteiger partial charge in [-0.15, -0.1) is 11.3 Å². The number of rotatable bonds is 11. The minimum Gasteiger partial charge on any atom is -0.390 e. The van der Waals surface area contributed by atoms with Gasteiger partial charge in [0.25, 0.3) is 5.91 Å². The number of anilines is 1. The standard InChI is InChI=1S/C26H28ClF2N3O3S/c1-3-16-5-4-6-17(7-16)13-30-14-23(34)22(10-18-8-19(28)11-20(29)9-18)32-25(35)21-12-24(27)36-26(21)31-15(2)33/h4-9,11-12,22-23,30,34H,3,10,13-14H2,1-2H3,(H,31,33)(H,32,35). The van der Waals surface area contributed by atoms with Crippen molar-refractivity contribution >= 4 is 39.8 Å². The van der Waals surface area contributed by atoms with Gasteiger partial charge in [0.05, 0.1) is 22.0 Å². The summed E-state index contributed by atoms with van der Waals surface area (Å²) in [5.74, 6) is -2.46. The van der Waals surface area contributed by atoms with Crippen LogP contribution in [0.15, 0.2) is 48.5 Å². The number of aliphatic hydroxyl groups is 1. The van der Waals surface area contributed by atoms with Crippen molar-refractivity contribution in [2.24, 2.45) is 0 Å². The highest BCUT2D eigenvalue weighted by Crippen LogP contribution is 2.32. The first-order chi connectivity index (χ1) is 17.1. The lowest BCUT2D eigenvalue weighted by Crippen LogP contribution is -2.48. The molecule has 3 aromatic rings. The first-order valence-electron chi connectivity index (χ1n) is 11.4. The maximum Gasteiger partial charge on any atom is 0.254 e. The van der Waals surface area contributed by atoms with Crippen LogP contribution in [0.4, 0.5) is 13.8 Å². The fourth-order valence-electron chi connectivity index (χ4n) is 3.76. The Morgan fingerprint density at radius 2 is 1.75 bits per heavy atom. The lowest BCUT2D eigenvalue weighted by molar-refractivity contribution is -0.114. The van der Waals surface area contributed by atoms with E-state index in [1.54, 1.807) is 0 Å². The molecule has 0 aliphatic rings. The Bertz CT molecular complexity index is 1200. The Kier molecular flexibility index (Phi) is 9.95. The van der Waals surface area contributed by atoms with Gasteiger partial charge in [0, 0.05) is 26.1 Å². The van der Waals surface area contributed by atoms with E-state index in [0.717, 1.165) is 41.5 Å². The highest BCUT2D eigenvalue weighted by atomic mass is 35.5. The Labute approximate surface area is 217 Å². The van der Waals surface area contributed by atoms with Gasteiger partial charge in [0.2, 0.25) is 5.91 Å². The molecule has 0 spiro atoms. The van der Waals surface area contributed by atoms with Gasteiger partial charge >= 0.3 is 0 Å². The second-order valence-electron chi connectivity index (χ2n) is 8.41. The van der Waals surface area contributed by atoms with Gasteiger partial charge in [-0.2, -0.15) is 0 Å². The van der Waals surface area contributed by atoms with Gasteiger partial charge in [0.1, 0.15) is 16.6 Å². The Balaban J connectivity index is 1.76. The molecule has 0 bridgehead atoms. The van der Waals surface area contributed by atoms with Crippen LogP contribution >= 0.6 is 22.9 Å². The summed E-state index contributed by atoms with van der Waals surface area (Å²) >= 11 is 7.08. The molecule has 0 radical (unpaired) electrons. The predicted molar refractivity (Wildman–Crippen MR) is 138 cm³/mol. The summed E-state index contributed by atoms with van der Waals surface area (Å²) in [6.07, 6.45) is -0.211. The van der Waals surface area contributed by atoms with Crippen LogP contribution in [0.1, 0.15) is 40.9 Å². The van der Waals surface area contributed by atoms with Gasteiger partial charge in [0.15, 0.2) is 0 Å². The van der Waals surface area contributed by atoms with E-state index in [1.165, 1.54) is 18.6 Å². The van der Waals surface area contributed by atoms with Crippen molar-refractivity contribution < 1.29 is 23.5 Å². The molecule has 0 aliphatic heterocycles. The largest absolute Gasteiger partial charge is 0.390 e. The molecule has 1 aromatic heterocycles. The van der Waals surface area contributed by atoms with E-state index in [2.05, 4.69) is 28.9 Å². The van der Waals surface area contributed by atoms with E-state index in [-0.39, 0.29) is 35.0 Å². The minimum atomic E-state index is -1.09. The number of hydrogen-bond acceptors (Lipinski definition) is 5. The summed E-state index contributed by atoms with van der Waals surface area (Å²) in [4.78, 5) is 24.6. The lowest BCUT2D eigenvalue weighted by atomic mass is 10.00. The van der Waals surface area contributed by atoms with Crippen molar-refractivity contribution in [2.75, 3.05) is 11.9 Å². The summed E-state index contributed by atoms with van der Waals surface area (Å²) in [5, 5.41) is 19.7. The van der Waals surface area contributed by atoms with E-state index < -0.39 is 29.7 Å². The van der Waals surface area contributed by atoms with Gasteiger partial charge in [-0.3, -0.25) is 9.59 Å². The number of nitrogens with one attached hydrogen (secondary N) is 3. The van der Waals surface area contributed by atoms with Gasteiger partial charge < -0.3 is 21.1 Å². The molecule has 10 heteroatoms. The number of hydrogen-bond donors (Lipinski definition) is 4. The summed E-state index contributed by atoms with van der Waals surface area (Å²) in [6, 6.07) is 11.6. The van der Waals surface area contributed by atoms with Gasteiger partial charge in [-0.25, -0.2) is 8.78 Å². The average molecular weight is 536 g/mol. The third-order valence-electron chi connectivity index (χ3n) is 5.48. The highest BCUT2D eigenvalue weighted by molar-refractivity contribution is 7.20. The number of carbonyl (C=O) groups is 2. The van der Waals surface area contributed by atoms with Crippen LogP contribution in [-0.2, 0) is 24.2 Å². The fourth-order valence-corrected chi connectivity index (χ4v) is 4.93. The number of amides is 2. The number of thiophene rings is 1. The van der Waals surface area contributed by atoms with E-state index in [4.69, 9.17) is 11.6 Å². The van der Waals surface area contributed by atoms with Gasteiger partial charge in [-0.1, -0.05) is 42.8 Å². The Morgan fingerprint density at radius 3 is 2.42 bits per heavy atom. The molecule has 0 saturated heterocycles. The van der Waals surface area contributed by atoms with Crippen molar-refractivity contribution in [3.63, 3.8) is 0 Å². The molecule has 2 aromatic carbocycles. The molecule has 6 nitrogen and oxygen atoms in total. The van der Waals surface area contributed by atoms with Crippen molar-refractivity contribution in [1.82, 2.24) is 10.6 Å². The molecule has 4 N–H and O–H groups in total. The Hall–Kier alpha value is -2.85. The lowest BCUT2D eigenvalue weighted by Gasteiger charge is -2.25. The zero-order valence-electron chi connectivity index (χ0n) is 19.9. The van der Waals surface area contributed by atoms with Crippen LogP contribution in [0.5, 0.6) is 0 Å². The van der Waals surface area contributed by atoms with Crippen LogP contribution in [0, 0.1) is 11.6 Å². The number of halogens is 3. The zero-order chi connectivity index (χ0) is 26.2. The molecule has 2 atom stereocenters. The number of carbonyl (C=O) groups excluding carboxylic acids is 2. The molecule has 36 heavy (non-hydrogen) atoms. The van der Waals surface area contributed by atoms with E-state index in [9.17, 15) is 23.5 Å². The van der Waals surface area contributed by atoms with Crippen molar-refractivity contribution in [3.8, 4) is 0 Å². The first-order valence-corrected chi connectivity index (χ1v) is 12.6. The zero-order valence-corrected chi connectivity index (χ0v) is 21.5. The maximum atomic E-state index is 13.8. The topological polar surface area (TPSA) is 90.5 Å².